The lowest BCUT2D eigenvalue weighted by molar-refractivity contribution is -0.126. The standard InChI is InChI=1S/C17H29N5O/c1-21-10-5-15(6-11-21)22-12-3-14(4-13-22)17(23)20-7-2-16-18-8-9-19-16/h8-9,14-15H,2-7,10-13H2,1H3,(H,18,19)(H,20,23). The first kappa shape index (κ1) is 16.5. The number of carbonyl (C=O) groups excluding carboxylic acids is 1. The van der Waals surface area contributed by atoms with Gasteiger partial charge in [-0.3, -0.25) is 4.79 Å². The van der Waals surface area contributed by atoms with Crippen LogP contribution in [-0.2, 0) is 11.2 Å². The van der Waals surface area contributed by atoms with Crippen molar-refractivity contribution in [1.29, 1.82) is 0 Å². The lowest BCUT2D eigenvalue weighted by Crippen LogP contribution is -2.48. The van der Waals surface area contributed by atoms with E-state index in [0.717, 1.165) is 44.2 Å². The van der Waals surface area contributed by atoms with Crippen LogP contribution in [0.2, 0.25) is 0 Å². The van der Waals surface area contributed by atoms with E-state index in [1.165, 1.54) is 25.9 Å². The van der Waals surface area contributed by atoms with Crippen molar-refractivity contribution in [2.45, 2.75) is 38.1 Å². The number of carbonyl (C=O) groups is 1. The minimum Gasteiger partial charge on any atom is -0.355 e. The Balaban J connectivity index is 1.35. The molecule has 3 heterocycles. The van der Waals surface area contributed by atoms with Gasteiger partial charge in [0.25, 0.3) is 0 Å². The molecule has 2 aliphatic rings. The van der Waals surface area contributed by atoms with Gasteiger partial charge in [0.15, 0.2) is 0 Å². The normalized spacial score (nSPS) is 22.3. The summed E-state index contributed by atoms with van der Waals surface area (Å²) in [6.45, 7) is 5.23. The van der Waals surface area contributed by atoms with E-state index in [4.69, 9.17) is 0 Å². The molecule has 0 atom stereocenters. The second kappa shape index (κ2) is 7.93. The zero-order chi connectivity index (χ0) is 16.1. The summed E-state index contributed by atoms with van der Waals surface area (Å²) in [6, 6.07) is 0.731. The van der Waals surface area contributed by atoms with Gasteiger partial charge in [0.05, 0.1) is 0 Å². The van der Waals surface area contributed by atoms with Crippen molar-refractivity contribution in [1.82, 2.24) is 25.1 Å². The number of aromatic nitrogens is 2. The third-order valence-electron chi connectivity index (χ3n) is 5.32. The average molecular weight is 319 g/mol. The molecule has 0 aromatic carbocycles. The zero-order valence-electron chi connectivity index (χ0n) is 14.1. The minimum atomic E-state index is 0.189. The zero-order valence-corrected chi connectivity index (χ0v) is 14.1. The summed E-state index contributed by atoms with van der Waals surface area (Å²) >= 11 is 0. The Hall–Kier alpha value is -1.40. The first-order valence-corrected chi connectivity index (χ1v) is 8.91. The van der Waals surface area contributed by atoms with E-state index in [0.29, 0.717) is 6.54 Å². The second-order valence-electron chi connectivity index (χ2n) is 6.92. The second-order valence-corrected chi connectivity index (χ2v) is 6.92. The van der Waals surface area contributed by atoms with Crippen LogP contribution in [0.15, 0.2) is 12.4 Å². The van der Waals surface area contributed by atoms with Gasteiger partial charge < -0.3 is 20.1 Å². The fourth-order valence-electron chi connectivity index (χ4n) is 3.77. The Kier molecular flexibility index (Phi) is 5.67. The molecule has 1 aromatic heterocycles. The molecule has 0 saturated carbocycles. The number of hydrogen-bond acceptors (Lipinski definition) is 4. The van der Waals surface area contributed by atoms with Crippen molar-refractivity contribution in [3.63, 3.8) is 0 Å². The van der Waals surface area contributed by atoms with Gasteiger partial charge in [0.1, 0.15) is 5.82 Å². The first-order valence-electron chi connectivity index (χ1n) is 8.91. The summed E-state index contributed by atoms with van der Waals surface area (Å²) < 4.78 is 0. The molecule has 0 bridgehead atoms. The molecule has 1 amide bonds. The van der Waals surface area contributed by atoms with E-state index in [2.05, 4.69) is 32.1 Å². The predicted molar refractivity (Wildman–Crippen MR) is 90.1 cm³/mol. The number of hydrogen-bond donors (Lipinski definition) is 2. The molecule has 0 unspecified atom stereocenters. The van der Waals surface area contributed by atoms with Gasteiger partial charge in [-0.25, -0.2) is 4.98 Å². The van der Waals surface area contributed by atoms with Crippen LogP contribution in [0.1, 0.15) is 31.5 Å². The van der Waals surface area contributed by atoms with E-state index < -0.39 is 0 Å². The van der Waals surface area contributed by atoms with Crippen molar-refractivity contribution >= 4 is 5.91 Å². The molecule has 23 heavy (non-hydrogen) atoms. The van der Waals surface area contributed by atoms with Gasteiger partial charge in [-0.05, 0) is 58.9 Å². The highest BCUT2D eigenvalue weighted by atomic mass is 16.1. The summed E-state index contributed by atoms with van der Waals surface area (Å²) in [5, 5.41) is 3.07. The topological polar surface area (TPSA) is 64.3 Å². The monoisotopic (exact) mass is 319 g/mol. The summed E-state index contributed by atoms with van der Waals surface area (Å²) in [7, 11) is 2.20. The van der Waals surface area contributed by atoms with Crippen molar-refractivity contribution in [2.24, 2.45) is 5.92 Å². The van der Waals surface area contributed by atoms with Gasteiger partial charge >= 0.3 is 0 Å². The smallest absolute Gasteiger partial charge is 0.223 e. The molecule has 0 radical (unpaired) electrons. The molecule has 6 nitrogen and oxygen atoms in total. The highest BCUT2D eigenvalue weighted by Crippen LogP contribution is 2.23. The number of likely N-dealkylation sites (tertiary alicyclic amines) is 2. The van der Waals surface area contributed by atoms with Gasteiger partial charge in [-0.15, -0.1) is 0 Å². The molecule has 0 aliphatic carbocycles. The van der Waals surface area contributed by atoms with Crippen LogP contribution in [0.5, 0.6) is 0 Å². The minimum absolute atomic E-state index is 0.189. The number of amides is 1. The SMILES string of the molecule is CN1CCC(N2CCC(C(=O)NCCc3ncc[nH]3)CC2)CC1. The summed E-state index contributed by atoms with van der Waals surface area (Å²) in [5.74, 6) is 1.34. The Labute approximate surface area is 138 Å². The number of nitrogens with one attached hydrogen (secondary N) is 2. The van der Waals surface area contributed by atoms with Gasteiger partial charge in [-0.1, -0.05) is 0 Å². The van der Waals surface area contributed by atoms with Crippen LogP contribution in [0, 0.1) is 5.92 Å². The van der Waals surface area contributed by atoms with Crippen LogP contribution < -0.4 is 5.32 Å². The molecule has 2 aliphatic heterocycles. The molecule has 3 rings (SSSR count). The molecule has 2 N–H and O–H groups in total. The third kappa shape index (κ3) is 4.54. The Morgan fingerprint density at radius 1 is 1.26 bits per heavy atom. The molecule has 2 fully saturated rings. The highest BCUT2D eigenvalue weighted by Gasteiger charge is 2.29. The number of imidazole rings is 1. The van der Waals surface area contributed by atoms with Crippen molar-refractivity contribution in [2.75, 3.05) is 39.8 Å². The van der Waals surface area contributed by atoms with E-state index >= 15 is 0 Å². The van der Waals surface area contributed by atoms with Crippen LogP contribution >= 0.6 is 0 Å². The fraction of sp³-hybridized carbons (Fsp3) is 0.765. The predicted octanol–water partition coefficient (Wildman–Crippen LogP) is 0.875. The number of nitrogens with zero attached hydrogens (tertiary/aromatic N) is 3. The number of H-pyrrole nitrogens is 1. The largest absolute Gasteiger partial charge is 0.355 e. The lowest BCUT2D eigenvalue weighted by atomic mass is 9.93. The maximum absolute atomic E-state index is 12.3. The lowest BCUT2D eigenvalue weighted by Gasteiger charge is -2.40. The van der Waals surface area contributed by atoms with E-state index in [-0.39, 0.29) is 11.8 Å². The summed E-state index contributed by atoms with van der Waals surface area (Å²) in [5.41, 5.74) is 0. The van der Waals surface area contributed by atoms with Gasteiger partial charge in [0, 0.05) is 37.3 Å². The van der Waals surface area contributed by atoms with Crippen LogP contribution in [-0.4, -0.2) is 71.5 Å². The Morgan fingerprint density at radius 2 is 2.00 bits per heavy atom. The van der Waals surface area contributed by atoms with E-state index in [9.17, 15) is 4.79 Å². The highest BCUT2D eigenvalue weighted by molar-refractivity contribution is 5.78. The molecule has 0 spiro atoms. The van der Waals surface area contributed by atoms with Crippen molar-refractivity contribution < 1.29 is 4.79 Å². The number of rotatable bonds is 5. The molecule has 128 valence electrons. The van der Waals surface area contributed by atoms with E-state index in [1.807, 2.05) is 6.20 Å². The summed E-state index contributed by atoms with van der Waals surface area (Å²) in [4.78, 5) is 24.5. The quantitative estimate of drug-likeness (QED) is 0.845. The van der Waals surface area contributed by atoms with Gasteiger partial charge in [-0.2, -0.15) is 0 Å². The van der Waals surface area contributed by atoms with Crippen LogP contribution in [0.3, 0.4) is 0 Å². The molecular weight excluding hydrogens is 290 g/mol. The number of piperidine rings is 2. The van der Waals surface area contributed by atoms with Crippen molar-refractivity contribution in [3.05, 3.63) is 18.2 Å². The first-order chi connectivity index (χ1) is 11.2. The molecule has 1 aromatic rings. The average Bonchev–Trinajstić information content (AvgIpc) is 3.09. The van der Waals surface area contributed by atoms with Crippen LogP contribution in [0.4, 0.5) is 0 Å². The molecule has 6 heteroatoms. The fourth-order valence-corrected chi connectivity index (χ4v) is 3.77. The third-order valence-corrected chi connectivity index (χ3v) is 5.32. The molecular formula is C17H29N5O. The van der Waals surface area contributed by atoms with Crippen LogP contribution in [0.25, 0.3) is 0 Å². The van der Waals surface area contributed by atoms with Crippen molar-refractivity contribution in [3.8, 4) is 0 Å². The maximum atomic E-state index is 12.3. The Morgan fingerprint density at radius 3 is 2.65 bits per heavy atom. The molecule has 2 saturated heterocycles. The van der Waals surface area contributed by atoms with Gasteiger partial charge in [0.2, 0.25) is 5.91 Å². The maximum Gasteiger partial charge on any atom is 0.223 e. The number of aromatic amines is 1. The Bertz CT molecular complexity index is 473. The van der Waals surface area contributed by atoms with E-state index in [1.54, 1.807) is 6.20 Å². The summed E-state index contributed by atoms with van der Waals surface area (Å²) in [6.07, 6.45) is 8.88.